The van der Waals surface area contributed by atoms with Crippen molar-refractivity contribution >= 4 is 27.9 Å². The van der Waals surface area contributed by atoms with Crippen molar-refractivity contribution < 1.29 is 4.92 Å². The maximum absolute atomic E-state index is 10.6. The fraction of sp³-hybridized carbons (Fsp3) is 0.286. The van der Waals surface area contributed by atoms with Crippen LogP contribution in [0.5, 0.6) is 0 Å². The van der Waals surface area contributed by atoms with E-state index < -0.39 is 0 Å². The molecule has 20 heavy (non-hydrogen) atoms. The Kier molecular flexibility index (Phi) is 5.11. The quantitative estimate of drug-likeness (QED) is 0.629. The van der Waals surface area contributed by atoms with Crippen LogP contribution < -0.4 is 5.32 Å². The van der Waals surface area contributed by atoms with Crippen molar-refractivity contribution in [2.24, 2.45) is 0 Å². The van der Waals surface area contributed by atoms with Crippen LogP contribution in [0.1, 0.15) is 30.5 Å². The van der Waals surface area contributed by atoms with E-state index in [2.05, 4.69) is 12.2 Å². The molecular weight excluding hydrogens is 296 g/mol. The molecule has 4 nitrogen and oxygen atoms in total. The second-order valence-corrected chi connectivity index (χ2v) is 5.77. The third kappa shape index (κ3) is 3.79. The zero-order chi connectivity index (χ0) is 14.5. The van der Waals surface area contributed by atoms with E-state index in [-0.39, 0.29) is 16.0 Å². The van der Waals surface area contributed by atoms with Crippen molar-refractivity contribution in [3.05, 3.63) is 62.0 Å². The van der Waals surface area contributed by atoms with Crippen LogP contribution in [0, 0.1) is 10.1 Å². The van der Waals surface area contributed by atoms with Gasteiger partial charge in [0.1, 0.15) is 0 Å². The van der Waals surface area contributed by atoms with Gasteiger partial charge in [0.05, 0.1) is 4.92 Å². The molecule has 0 aliphatic rings. The summed E-state index contributed by atoms with van der Waals surface area (Å²) in [7, 11) is 0. The highest BCUT2D eigenvalue weighted by Crippen LogP contribution is 2.24. The summed E-state index contributed by atoms with van der Waals surface area (Å²) in [4.78, 5) is 10.3. The molecule has 1 aromatic carbocycles. The Morgan fingerprint density at radius 2 is 2.10 bits per heavy atom. The molecule has 1 heterocycles. The minimum Gasteiger partial charge on any atom is -0.306 e. The first-order valence-electron chi connectivity index (χ1n) is 6.30. The van der Waals surface area contributed by atoms with Gasteiger partial charge in [0.25, 0.3) is 0 Å². The Hall–Kier alpha value is -1.43. The number of benzene rings is 1. The lowest BCUT2D eigenvalue weighted by atomic mass is 10.0. The third-order valence-corrected chi connectivity index (χ3v) is 4.23. The van der Waals surface area contributed by atoms with Gasteiger partial charge in [0.2, 0.25) is 0 Å². The van der Waals surface area contributed by atoms with Gasteiger partial charge in [-0.05, 0) is 29.7 Å². The molecule has 0 fully saturated rings. The van der Waals surface area contributed by atoms with Gasteiger partial charge in [-0.3, -0.25) is 10.1 Å². The van der Waals surface area contributed by atoms with Crippen molar-refractivity contribution in [2.45, 2.75) is 25.9 Å². The fourth-order valence-electron chi connectivity index (χ4n) is 1.99. The minimum atomic E-state index is -0.356. The van der Waals surface area contributed by atoms with Crippen LogP contribution in [0.25, 0.3) is 0 Å². The first kappa shape index (κ1) is 15.0. The van der Waals surface area contributed by atoms with Crippen LogP contribution in [-0.2, 0) is 6.54 Å². The number of hydrogen-bond acceptors (Lipinski definition) is 4. The van der Waals surface area contributed by atoms with Crippen LogP contribution >= 0.6 is 22.9 Å². The molecule has 0 amide bonds. The monoisotopic (exact) mass is 310 g/mol. The Labute approximate surface area is 126 Å². The van der Waals surface area contributed by atoms with Crippen LogP contribution in [0.4, 0.5) is 5.00 Å². The van der Waals surface area contributed by atoms with Crippen molar-refractivity contribution in [2.75, 3.05) is 0 Å². The summed E-state index contributed by atoms with van der Waals surface area (Å²) in [5.41, 5.74) is 2.11. The predicted octanol–water partition coefficient (Wildman–Crippen LogP) is 4.55. The van der Waals surface area contributed by atoms with E-state index in [0.29, 0.717) is 6.54 Å². The molecule has 2 rings (SSSR count). The van der Waals surface area contributed by atoms with Crippen LogP contribution in [-0.4, -0.2) is 4.92 Å². The van der Waals surface area contributed by atoms with Gasteiger partial charge in [-0.2, -0.15) is 0 Å². The maximum atomic E-state index is 10.6. The second-order valence-electron chi connectivity index (χ2n) is 4.44. The SMILES string of the molecule is CCC(NCc1csc([N+](=O)[O-])c1)c1ccc(Cl)cc1. The lowest BCUT2D eigenvalue weighted by Gasteiger charge is -2.17. The summed E-state index contributed by atoms with van der Waals surface area (Å²) in [5.74, 6) is 0. The second kappa shape index (κ2) is 6.83. The van der Waals surface area contributed by atoms with Gasteiger partial charge in [0.15, 0.2) is 0 Å². The first-order chi connectivity index (χ1) is 9.60. The average molecular weight is 311 g/mol. The Morgan fingerprint density at radius 3 is 2.65 bits per heavy atom. The summed E-state index contributed by atoms with van der Waals surface area (Å²) in [5, 5.41) is 16.8. The van der Waals surface area contributed by atoms with Crippen molar-refractivity contribution in [1.29, 1.82) is 0 Å². The minimum absolute atomic E-state index is 0.182. The highest BCUT2D eigenvalue weighted by Gasteiger charge is 2.12. The number of halogens is 1. The third-order valence-electron chi connectivity index (χ3n) is 3.05. The maximum Gasteiger partial charge on any atom is 0.324 e. The molecule has 0 spiro atoms. The van der Waals surface area contributed by atoms with E-state index in [1.54, 1.807) is 6.07 Å². The van der Waals surface area contributed by atoms with Gasteiger partial charge in [-0.15, -0.1) is 0 Å². The van der Waals surface area contributed by atoms with Crippen molar-refractivity contribution in [3.63, 3.8) is 0 Å². The largest absolute Gasteiger partial charge is 0.324 e. The molecule has 1 atom stereocenters. The molecule has 0 saturated carbocycles. The van der Waals surface area contributed by atoms with Crippen LogP contribution in [0.2, 0.25) is 5.02 Å². The molecule has 106 valence electrons. The molecule has 1 N–H and O–H groups in total. The lowest BCUT2D eigenvalue weighted by molar-refractivity contribution is -0.380. The van der Waals surface area contributed by atoms with Gasteiger partial charge in [0, 0.05) is 29.1 Å². The molecular formula is C14H15ClN2O2S. The lowest BCUT2D eigenvalue weighted by Crippen LogP contribution is -2.19. The number of hydrogen-bond donors (Lipinski definition) is 1. The molecule has 1 aromatic heterocycles. The average Bonchev–Trinajstić information content (AvgIpc) is 2.90. The number of thiophene rings is 1. The molecule has 0 radical (unpaired) electrons. The highest BCUT2D eigenvalue weighted by molar-refractivity contribution is 7.13. The first-order valence-corrected chi connectivity index (χ1v) is 7.56. The number of rotatable bonds is 6. The van der Waals surface area contributed by atoms with E-state index in [1.165, 1.54) is 5.56 Å². The van der Waals surface area contributed by atoms with E-state index >= 15 is 0 Å². The summed E-state index contributed by atoms with van der Waals surface area (Å²) in [6, 6.07) is 9.57. The van der Waals surface area contributed by atoms with E-state index in [9.17, 15) is 10.1 Å². The zero-order valence-electron chi connectivity index (χ0n) is 11.0. The topological polar surface area (TPSA) is 55.2 Å². The standard InChI is InChI=1S/C14H15ClN2O2S/c1-2-13(11-3-5-12(15)6-4-11)16-8-10-7-14(17(18)19)20-9-10/h3-7,9,13,16H,2,8H2,1H3. The van der Waals surface area contributed by atoms with E-state index in [1.807, 2.05) is 29.6 Å². The Morgan fingerprint density at radius 1 is 1.40 bits per heavy atom. The predicted molar refractivity (Wildman–Crippen MR) is 82.3 cm³/mol. The Balaban J connectivity index is 1.99. The van der Waals surface area contributed by atoms with E-state index in [4.69, 9.17) is 11.6 Å². The number of nitrogens with zero attached hydrogens (tertiary/aromatic N) is 1. The van der Waals surface area contributed by atoms with Crippen LogP contribution in [0.3, 0.4) is 0 Å². The van der Waals surface area contributed by atoms with Gasteiger partial charge in [-0.25, -0.2) is 0 Å². The Bertz CT molecular complexity index is 583. The molecule has 0 bridgehead atoms. The smallest absolute Gasteiger partial charge is 0.306 e. The van der Waals surface area contributed by atoms with Gasteiger partial charge < -0.3 is 5.32 Å². The van der Waals surface area contributed by atoms with Gasteiger partial charge in [-0.1, -0.05) is 42.0 Å². The molecule has 2 aromatic rings. The molecule has 6 heteroatoms. The number of nitrogens with one attached hydrogen (secondary N) is 1. The fourth-order valence-corrected chi connectivity index (χ4v) is 2.84. The summed E-state index contributed by atoms with van der Waals surface area (Å²) in [6.07, 6.45) is 0.938. The van der Waals surface area contributed by atoms with Crippen molar-refractivity contribution in [3.8, 4) is 0 Å². The highest BCUT2D eigenvalue weighted by atomic mass is 35.5. The number of nitro groups is 1. The van der Waals surface area contributed by atoms with Crippen molar-refractivity contribution in [1.82, 2.24) is 5.32 Å². The van der Waals surface area contributed by atoms with Crippen LogP contribution in [0.15, 0.2) is 35.7 Å². The normalized spacial score (nSPS) is 12.3. The molecule has 0 aliphatic carbocycles. The zero-order valence-corrected chi connectivity index (χ0v) is 12.6. The molecule has 0 saturated heterocycles. The summed E-state index contributed by atoms with van der Waals surface area (Å²) < 4.78 is 0. The summed E-state index contributed by atoms with van der Waals surface area (Å²) in [6.45, 7) is 2.72. The van der Waals surface area contributed by atoms with Gasteiger partial charge >= 0.3 is 5.00 Å². The van der Waals surface area contributed by atoms with E-state index in [0.717, 1.165) is 28.3 Å². The summed E-state index contributed by atoms with van der Waals surface area (Å²) >= 11 is 7.04. The molecule has 1 unspecified atom stereocenters. The molecule has 0 aliphatic heterocycles.